The van der Waals surface area contributed by atoms with E-state index in [4.69, 9.17) is 14.0 Å². The molecule has 0 fully saturated rings. The number of anilines is 4. The molecule has 2 heterocycles. The van der Waals surface area contributed by atoms with Gasteiger partial charge in [-0.2, -0.15) is 4.98 Å². The number of aromatic nitrogens is 4. The number of ether oxygens (including phenoxy) is 2. The molecule has 0 aliphatic heterocycles. The van der Waals surface area contributed by atoms with E-state index in [0.717, 1.165) is 5.56 Å². The molecule has 0 atom stereocenters. The number of nitrogens with zero attached hydrogens (tertiary/aromatic N) is 4. The molecule has 0 unspecified atom stereocenters. The first-order chi connectivity index (χ1) is 17.1. The van der Waals surface area contributed by atoms with Crippen molar-refractivity contribution in [1.29, 1.82) is 0 Å². The molecule has 9 nitrogen and oxygen atoms in total. The molecule has 5 aromatic rings. The second kappa shape index (κ2) is 9.64. The van der Waals surface area contributed by atoms with Gasteiger partial charge in [-0.15, -0.1) is 0 Å². The van der Waals surface area contributed by atoms with Crippen LogP contribution >= 0.6 is 0 Å². The van der Waals surface area contributed by atoms with E-state index < -0.39 is 5.82 Å². The molecular formula is C25H21FN6O3. The fourth-order valence-electron chi connectivity index (χ4n) is 3.58. The summed E-state index contributed by atoms with van der Waals surface area (Å²) in [6.07, 6.45) is 1.93. The topological polar surface area (TPSA) is 107 Å². The van der Waals surface area contributed by atoms with Gasteiger partial charge in [0, 0.05) is 23.6 Å². The summed E-state index contributed by atoms with van der Waals surface area (Å²) in [6, 6.07) is 18.1. The Labute approximate surface area is 199 Å². The maximum Gasteiger partial charge on any atom is 0.325 e. The fraction of sp³-hybridized carbons (Fsp3) is 0.120. The molecule has 0 aliphatic carbocycles. The first kappa shape index (κ1) is 22.1. The number of methoxy groups -OCH3 is 2. The van der Waals surface area contributed by atoms with E-state index in [-0.39, 0.29) is 11.7 Å². The maximum absolute atomic E-state index is 14.9. The van der Waals surface area contributed by atoms with Crippen LogP contribution in [0.5, 0.6) is 11.5 Å². The molecule has 0 spiro atoms. The highest BCUT2D eigenvalue weighted by molar-refractivity contribution is 5.93. The van der Waals surface area contributed by atoms with Gasteiger partial charge in [-0.25, -0.2) is 14.4 Å². The highest BCUT2D eigenvalue weighted by atomic mass is 19.1. The number of hydrogen-bond acceptors (Lipinski definition) is 9. The molecule has 0 saturated carbocycles. The second-order valence-electron chi connectivity index (χ2n) is 7.57. The van der Waals surface area contributed by atoms with Crippen molar-refractivity contribution < 1.29 is 18.4 Å². The van der Waals surface area contributed by atoms with Crippen molar-refractivity contribution in [2.45, 2.75) is 6.42 Å². The van der Waals surface area contributed by atoms with Crippen LogP contribution in [0.3, 0.4) is 0 Å². The third-order valence-electron chi connectivity index (χ3n) is 5.29. The summed E-state index contributed by atoms with van der Waals surface area (Å²) in [5, 5.41) is 10.6. The van der Waals surface area contributed by atoms with E-state index in [1.807, 2.05) is 30.3 Å². The number of halogens is 1. The smallest absolute Gasteiger partial charge is 0.325 e. The Balaban J connectivity index is 1.33. The summed E-state index contributed by atoms with van der Waals surface area (Å²) in [5.41, 5.74) is 2.39. The molecule has 35 heavy (non-hydrogen) atoms. The number of hydrogen-bond donors (Lipinski definition) is 2. The van der Waals surface area contributed by atoms with Crippen LogP contribution in [0, 0.1) is 5.82 Å². The lowest BCUT2D eigenvalue weighted by Crippen LogP contribution is -2.00. The summed E-state index contributed by atoms with van der Waals surface area (Å²) in [5.74, 6) is 1.52. The quantitative estimate of drug-likeness (QED) is 0.313. The van der Waals surface area contributed by atoms with Gasteiger partial charge in [0.2, 0.25) is 0 Å². The third-order valence-corrected chi connectivity index (χ3v) is 5.29. The highest BCUT2D eigenvalue weighted by Gasteiger charge is 2.14. The Hall–Kier alpha value is -4.73. The van der Waals surface area contributed by atoms with Gasteiger partial charge in [0.05, 0.1) is 25.4 Å². The minimum Gasteiger partial charge on any atom is -0.493 e. The molecule has 0 bridgehead atoms. The van der Waals surface area contributed by atoms with Crippen molar-refractivity contribution in [1.82, 2.24) is 20.1 Å². The minimum atomic E-state index is -0.494. The molecular weight excluding hydrogens is 451 g/mol. The average Bonchev–Trinajstić information content (AvgIpc) is 3.32. The van der Waals surface area contributed by atoms with Gasteiger partial charge in [-0.05, 0) is 29.8 Å². The number of fused-ring (bicyclic) bond motifs is 1. The van der Waals surface area contributed by atoms with Crippen LogP contribution in [0.2, 0.25) is 0 Å². The van der Waals surface area contributed by atoms with Crippen LogP contribution in [0.1, 0.15) is 11.4 Å². The van der Waals surface area contributed by atoms with Crippen molar-refractivity contribution in [3.05, 3.63) is 84.2 Å². The van der Waals surface area contributed by atoms with Crippen molar-refractivity contribution in [2.75, 3.05) is 24.9 Å². The lowest BCUT2D eigenvalue weighted by molar-refractivity contribution is 0.356. The fourth-order valence-corrected chi connectivity index (χ4v) is 3.58. The van der Waals surface area contributed by atoms with E-state index in [9.17, 15) is 4.39 Å². The zero-order valence-corrected chi connectivity index (χ0v) is 18.9. The van der Waals surface area contributed by atoms with Crippen LogP contribution in [0.15, 0.2) is 71.5 Å². The molecule has 176 valence electrons. The lowest BCUT2D eigenvalue weighted by Gasteiger charge is -2.13. The Bertz CT molecular complexity index is 1480. The van der Waals surface area contributed by atoms with Crippen molar-refractivity contribution in [3.8, 4) is 11.5 Å². The first-order valence-corrected chi connectivity index (χ1v) is 10.7. The van der Waals surface area contributed by atoms with Crippen LogP contribution in [0.4, 0.5) is 27.6 Å². The Morgan fingerprint density at radius 1 is 0.914 bits per heavy atom. The molecule has 2 aromatic heterocycles. The van der Waals surface area contributed by atoms with Crippen LogP contribution < -0.4 is 20.1 Å². The summed E-state index contributed by atoms with van der Waals surface area (Å²) in [4.78, 5) is 12.9. The lowest BCUT2D eigenvalue weighted by atomic mass is 10.1. The zero-order chi connectivity index (χ0) is 24.2. The third kappa shape index (κ3) is 4.81. The monoisotopic (exact) mass is 472 g/mol. The predicted octanol–water partition coefficient (Wildman–Crippen LogP) is 5.25. The van der Waals surface area contributed by atoms with Gasteiger partial charge in [0.1, 0.15) is 18.0 Å². The molecule has 0 radical (unpaired) electrons. The summed E-state index contributed by atoms with van der Waals surface area (Å²) >= 11 is 0. The molecule has 0 saturated heterocycles. The molecule has 0 amide bonds. The molecule has 10 heteroatoms. The van der Waals surface area contributed by atoms with E-state index in [0.29, 0.717) is 46.2 Å². The normalized spacial score (nSPS) is 10.8. The number of rotatable bonds is 8. The molecule has 2 N–H and O–H groups in total. The number of nitrogens with one attached hydrogen (secondary N) is 2. The van der Waals surface area contributed by atoms with E-state index in [2.05, 4.69) is 30.7 Å². The SMILES string of the molecule is COc1cc2ncnc(Nc3ccc(Nc4nc(Cc5ccccc5)no4)cc3F)c2cc1OC. The predicted molar refractivity (Wildman–Crippen MR) is 129 cm³/mol. The van der Waals surface area contributed by atoms with Gasteiger partial charge < -0.3 is 24.6 Å². The van der Waals surface area contributed by atoms with E-state index >= 15 is 0 Å². The minimum absolute atomic E-state index is 0.180. The molecule has 0 aliphatic rings. The van der Waals surface area contributed by atoms with Gasteiger partial charge >= 0.3 is 6.01 Å². The van der Waals surface area contributed by atoms with Gasteiger partial charge in [-0.3, -0.25) is 0 Å². The zero-order valence-electron chi connectivity index (χ0n) is 18.9. The number of benzene rings is 3. The van der Waals surface area contributed by atoms with Crippen molar-refractivity contribution in [2.24, 2.45) is 0 Å². The Morgan fingerprint density at radius 3 is 2.49 bits per heavy atom. The van der Waals surface area contributed by atoms with Crippen LogP contribution in [-0.4, -0.2) is 34.3 Å². The standard InChI is InChI=1S/C25H21FN6O3/c1-33-21-12-17-20(13-22(21)34-2)27-14-28-24(17)30-19-9-8-16(11-18(19)26)29-25-31-23(32-35-25)10-15-6-4-3-5-7-15/h3-9,11-14H,10H2,1-2H3,(H,27,28,30)(H,29,31,32). The maximum atomic E-state index is 14.9. The summed E-state index contributed by atoms with van der Waals surface area (Å²) in [6.45, 7) is 0. The van der Waals surface area contributed by atoms with E-state index in [1.54, 1.807) is 38.5 Å². The Kier molecular flexibility index (Phi) is 6.08. The molecule has 5 rings (SSSR count). The second-order valence-corrected chi connectivity index (χ2v) is 7.57. The van der Waals surface area contributed by atoms with Gasteiger partial charge in [0.15, 0.2) is 17.3 Å². The first-order valence-electron chi connectivity index (χ1n) is 10.7. The molecule has 3 aromatic carbocycles. The average molecular weight is 472 g/mol. The van der Waals surface area contributed by atoms with Crippen molar-refractivity contribution >= 4 is 34.1 Å². The van der Waals surface area contributed by atoms with Gasteiger partial charge in [0.25, 0.3) is 0 Å². The largest absolute Gasteiger partial charge is 0.493 e. The van der Waals surface area contributed by atoms with Gasteiger partial charge in [-0.1, -0.05) is 35.5 Å². The highest BCUT2D eigenvalue weighted by Crippen LogP contribution is 2.35. The Morgan fingerprint density at radius 2 is 1.71 bits per heavy atom. The van der Waals surface area contributed by atoms with Crippen molar-refractivity contribution in [3.63, 3.8) is 0 Å². The van der Waals surface area contributed by atoms with E-state index in [1.165, 1.54) is 12.4 Å². The summed E-state index contributed by atoms with van der Waals surface area (Å²) in [7, 11) is 3.09. The van der Waals surface area contributed by atoms with Crippen LogP contribution in [0.25, 0.3) is 10.9 Å². The van der Waals surface area contributed by atoms with Crippen LogP contribution in [-0.2, 0) is 6.42 Å². The summed E-state index contributed by atoms with van der Waals surface area (Å²) < 4.78 is 30.9.